The summed E-state index contributed by atoms with van der Waals surface area (Å²) < 4.78 is 37.5. The molecule has 1 heterocycles. The number of alkyl halides is 3. The van der Waals surface area contributed by atoms with Gasteiger partial charge in [0.25, 0.3) is 0 Å². The number of nitrogens with one attached hydrogen (secondary N) is 1. The zero-order valence-corrected chi connectivity index (χ0v) is 11.2. The predicted octanol–water partition coefficient (Wildman–Crippen LogP) is 4.06. The van der Waals surface area contributed by atoms with Crippen LogP contribution in [-0.2, 0) is 6.18 Å². The number of thioether (sulfide) groups is 1. The van der Waals surface area contributed by atoms with Gasteiger partial charge < -0.3 is 5.32 Å². The molecule has 1 N–H and O–H groups in total. The molecular formula is C11H12ClF3N2S. The third kappa shape index (κ3) is 3.03. The third-order valence-corrected chi connectivity index (χ3v) is 4.69. The molecule has 7 heteroatoms. The molecule has 0 unspecified atom stereocenters. The topological polar surface area (TPSA) is 24.9 Å². The Morgan fingerprint density at radius 2 is 2.17 bits per heavy atom. The van der Waals surface area contributed by atoms with Crippen LogP contribution in [0.5, 0.6) is 0 Å². The Hall–Kier alpha value is -0.620. The number of nitrogens with zero attached hydrogens (tertiary/aromatic N) is 1. The predicted molar refractivity (Wildman–Crippen MR) is 68.2 cm³/mol. The van der Waals surface area contributed by atoms with Gasteiger partial charge in [0, 0.05) is 17.5 Å². The molecule has 0 atom stereocenters. The van der Waals surface area contributed by atoms with Gasteiger partial charge in [0.2, 0.25) is 0 Å². The normalized spacial score (nSPS) is 17.6. The lowest BCUT2D eigenvalue weighted by Gasteiger charge is -2.15. The van der Waals surface area contributed by atoms with Crippen LogP contribution in [0.1, 0.15) is 18.4 Å². The smallest absolute Gasteiger partial charge is 0.367 e. The lowest BCUT2D eigenvalue weighted by Crippen LogP contribution is -2.18. The first-order valence-electron chi connectivity index (χ1n) is 5.38. The van der Waals surface area contributed by atoms with Gasteiger partial charge in [-0.3, -0.25) is 0 Å². The second kappa shape index (κ2) is 4.81. The van der Waals surface area contributed by atoms with Crippen LogP contribution >= 0.6 is 23.4 Å². The van der Waals surface area contributed by atoms with Crippen LogP contribution in [0.3, 0.4) is 0 Å². The summed E-state index contributed by atoms with van der Waals surface area (Å²) in [5.74, 6) is 0.310. The van der Waals surface area contributed by atoms with Gasteiger partial charge in [-0.25, -0.2) is 4.98 Å². The molecule has 1 aromatic heterocycles. The fourth-order valence-corrected chi connectivity index (χ4v) is 2.52. The molecule has 0 aromatic carbocycles. The van der Waals surface area contributed by atoms with Crippen molar-refractivity contribution in [3.8, 4) is 0 Å². The largest absolute Gasteiger partial charge is 0.417 e. The SMILES string of the molecule is CSC1(CNc2ncc(C(F)(F)F)cc2Cl)CC1. The monoisotopic (exact) mass is 296 g/mol. The van der Waals surface area contributed by atoms with Crippen molar-refractivity contribution in [3.05, 3.63) is 22.8 Å². The molecule has 0 saturated heterocycles. The van der Waals surface area contributed by atoms with Gasteiger partial charge in [0.1, 0.15) is 5.82 Å². The van der Waals surface area contributed by atoms with E-state index in [4.69, 9.17) is 11.6 Å². The van der Waals surface area contributed by atoms with Crippen molar-refractivity contribution < 1.29 is 13.2 Å². The van der Waals surface area contributed by atoms with Crippen molar-refractivity contribution in [2.24, 2.45) is 0 Å². The van der Waals surface area contributed by atoms with Gasteiger partial charge in [-0.15, -0.1) is 0 Å². The van der Waals surface area contributed by atoms with Gasteiger partial charge in [-0.1, -0.05) is 11.6 Å². The quantitative estimate of drug-likeness (QED) is 0.907. The molecule has 0 bridgehead atoms. The van der Waals surface area contributed by atoms with E-state index in [2.05, 4.69) is 10.3 Å². The second-order valence-corrected chi connectivity index (χ2v) is 5.97. The van der Waals surface area contributed by atoms with Crippen molar-refractivity contribution >= 4 is 29.2 Å². The molecule has 1 aromatic rings. The summed E-state index contributed by atoms with van der Waals surface area (Å²) in [6, 6.07) is 0.898. The third-order valence-electron chi connectivity index (χ3n) is 2.99. The van der Waals surface area contributed by atoms with E-state index >= 15 is 0 Å². The molecule has 2 rings (SSSR count). The van der Waals surface area contributed by atoms with Crippen LogP contribution in [0.15, 0.2) is 12.3 Å². The Kier molecular flexibility index (Phi) is 3.69. The maximum atomic E-state index is 12.4. The summed E-state index contributed by atoms with van der Waals surface area (Å²) in [6.07, 6.45) is 0.633. The molecule has 1 fully saturated rings. The first-order chi connectivity index (χ1) is 8.36. The molecule has 1 aliphatic rings. The van der Waals surface area contributed by atoms with Crippen LogP contribution in [0.25, 0.3) is 0 Å². The fraction of sp³-hybridized carbons (Fsp3) is 0.545. The molecule has 0 spiro atoms. The minimum atomic E-state index is -4.41. The number of pyridine rings is 1. The Morgan fingerprint density at radius 3 is 2.61 bits per heavy atom. The highest BCUT2D eigenvalue weighted by molar-refractivity contribution is 8.00. The maximum Gasteiger partial charge on any atom is 0.417 e. The molecule has 0 amide bonds. The van der Waals surface area contributed by atoms with Crippen molar-refractivity contribution in [3.63, 3.8) is 0 Å². The van der Waals surface area contributed by atoms with Gasteiger partial charge in [-0.2, -0.15) is 24.9 Å². The van der Waals surface area contributed by atoms with E-state index in [0.717, 1.165) is 25.1 Å². The minimum Gasteiger partial charge on any atom is -0.367 e. The molecule has 18 heavy (non-hydrogen) atoms. The summed E-state index contributed by atoms with van der Waals surface area (Å²) >= 11 is 7.55. The average Bonchev–Trinajstić information content (AvgIpc) is 3.07. The number of hydrogen-bond donors (Lipinski definition) is 1. The van der Waals surface area contributed by atoms with E-state index in [9.17, 15) is 13.2 Å². The van der Waals surface area contributed by atoms with Crippen LogP contribution in [0.2, 0.25) is 5.02 Å². The molecular weight excluding hydrogens is 285 g/mol. The molecule has 2 nitrogen and oxygen atoms in total. The zero-order valence-electron chi connectivity index (χ0n) is 9.64. The van der Waals surface area contributed by atoms with E-state index in [0.29, 0.717) is 12.4 Å². The van der Waals surface area contributed by atoms with Crippen LogP contribution < -0.4 is 5.32 Å². The summed E-state index contributed by atoms with van der Waals surface area (Å²) in [7, 11) is 0. The number of anilines is 1. The van der Waals surface area contributed by atoms with Gasteiger partial charge >= 0.3 is 6.18 Å². The van der Waals surface area contributed by atoms with E-state index in [1.165, 1.54) is 0 Å². The van der Waals surface area contributed by atoms with Gasteiger partial charge in [-0.05, 0) is 25.2 Å². The Bertz CT molecular complexity index is 446. The average molecular weight is 297 g/mol. The highest BCUT2D eigenvalue weighted by Crippen LogP contribution is 2.47. The summed E-state index contributed by atoms with van der Waals surface area (Å²) in [5, 5.41) is 3.02. The highest BCUT2D eigenvalue weighted by Gasteiger charge is 2.41. The lowest BCUT2D eigenvalue weighted by atomic mass is 10.2. The highest BCUT2D eigenvalue weighted by atomic mass is 35.5. The molecule has 1 aliphatic carbocycles. The van der Waals surface area contributed by atoms with Gasteiger partial charge in [0.15, 0.2) is 0 Å². The Morgan fingerprint density at radius 1 is 1.50 bits per heavy atom. The Labute approximate surface area is 112 Å². The van der Waals surface area contributed by atoms with E-state index in [1.54, 1.807) is 11.8 Å². The molecule has 0 aliphatic heterocycles. The van der Waals surface area contributed by atoms with Crippen LogP contribution in [0, 0.1) is 0 Å². The first kappa shape index (κ1) is 13.8. The van der Waals surface area contributed by atoms with Crippen LogP contribution in [0.4, 0.5) is 19.0 Å². The standard InChI is InChI=1S/C11H12ClF3N2S/c1-18-10(2-3-10)6-17-9-8(12)4-7(5-16-9)11(13,14)15/h4-5H,2-3,6H2,1H3,(H,16,17). The number of hydrogen-bond acceptors (Lipinski definition) is 3. The van der Waals surface area contributed by atoms with E-state index in [-0.39, 0.29) is 9.77 Å². The minimum absolute atomic E-state index is 0.00160. The zero-order chi connectivity index (χ0) is 13.4. The summed E-state index contributed by atoms with van der Waals surface area (Å²) in [4.78, 5) is 3.74. The van der Waals surface area contributed by atoms with Crippen LogP contribution in [-0.4, -0.2) is 22.5 Å². The molecule has 0 radical (unpaired) electrons. The van der Waals surface area contributed by atoms with Crippen molar-refractivity contribution in [1.82, 2.24) is 4.98 Å². The van der Waals surface area contributed by atoms with Crippen molar-refractivity contribution in [1.29, 1.82) is 0 Å². The lowest BCUT2D eigenvalue weighted by molar-refractivity contribution is -0.137. The Balaban J connectivity index is 2.06. The molecule has 100 valence electrons. The van der Waals surface area contributed by atoms with Crippen molar-refractivity contribution in [2.45, 2.75) is 23.8 Å². The number of rotatable bonds is 4. The summed E-state index contributed by atoms with van der Waals surface area (Å²) in [6.45, 7) is 0.673. The summed E-state index contributed by atoms with van der Waals surface area (Å²) in [5.41, 5.74) is -0.830. The number of aromatic nitrogens is 1. The second-order valence-electron chi connectivity index (χ2n) is 4.29. The van der Waals surface area contributed by atoms with Crippen molar-refractivity contribution in [2.75, 3.05) is 18.1 Å². The van der Waals surface area contributed by atoms with Gasteiger partial charge in [0.05, 0.1) is 10.6 Å². The fourth-order valence-electron chi connectivity index (χ4n) is 1.56. The maximum absolute atomic E-state index is 12.4. The van der Waals surface area contributed by atoms with E-state index < -0.39 is 11.7 Å². The number of halogens is 4. The first-order valence-corrected chi connectivity index (χ1v) is 6.98. The molecule has 1 saturated carbocycles. The van der Waals surface area contributed by atoms with E-state index in [1.807, 2.05) is 6.26 Å².